The quantitative estimate of drug-likeness (QED) is 0.822. The van der Waals surface area contributed by atoms with Gasteiger partial charge in [0.15, 0.2) is 0 Å². The van der Waals surface area contributed by atoms with Crippen molar-refractivity contribution < 1.29 is 4.74 Å². The minimum absolute atomic E-state index is 0.355. The molecule has 0 aliphatic carbocycles. The summed E-state index contributed by atoms with van der Waals surface area (Å²) in [5.41, 5.74) is 2.95. The molecule has 1 aliphatic heterocycles. The van der Waals surface area contributed by atoms with Crippen molar-refractivity contribution in [1.29, 1.82) is 5.26 Å². The lowest BCUT2D eigenvalue weighted by molar-refractivity contribution is 0.123. The number of hydrogen-bond donors (Lipinski definition) is 0. The Bertz CT molecular complexity index is 627. The number of morpholine rings is 1. The maximum Gasteiger partial charge on any atom is 0.0939 e. The van der Waals surface area contributed by atoms with Crippen LogP contribution in [0.25, 0.3) is 10.9 Å². The molecule has 1 aromatic carbocycles. The van der Waals surface area contributed by atoms with Gasteiger partial charge in [0, 0.05) is 18.5 Å². The predicted octanol–water partition coefficient (Wildman–Crippen LogP) is 2.14. The Labute approximate surface area is 112 Å². The first-order valence-corrected chi connectivity index (χ1v) is 6.47. The van der Waals surface area contributed by atoms with Gasteiger partial charge in [0.2, 0.25) is 0 Å². The highest BCUT2D eigenvalue weighted by Gasteiger charge is 2.14. The summed E-state index contributed by atoms with van der Waals surface area (Å²) >= 11 is 0. The smallest absolute Gasteiger partial charge is 0.0939 e. The summed E-state index contributed by atoms with van der Waals surface area (Å²) < 4.78 is 5.39. The minimum Gasteiger partial charge on any atom is -0.378 e. The monoisotopic (exact) mass is 253 g/mol. The van der Waals surface area contributed by atoms with Crippen LogP contribution in [0.15, 0.2) is 30.3 Å². The summed E-state index contributed by atoms with van der Waals surface area (Å²) in [6, 6.07) is 12.3. The molecule has 0 atom stereocenters. The van der Waals surface area contributed by atoms with E-state index < -0.39 is 0 Å². The zero-order valence-corrected chi connectivity index (χ0v) is 10.7. The van der Waals surface area contributed by atoms with Crippen LogP contribution in [-0.4, -0.2) is 31.3 Å². The number of ether oxygens (including phenoxy) is 1. The molecular weight excluding hydrogens is 238 g/mol. The Morgan fingerprint density at radius 3 is 2.84 bits per heavy atom. The number of anilines is 1. The second-order valence-corrected chi connectivity index (χ2v) is 4.59. The topological polar surface area (TPSA) is 49.2 Å². The Hall–Kier alpha value is -2.12. The molecule has 0 radical (unpaired) electrons. The van der Waals surface area contributed by atoms with Crippen molar-refractivity contribution in [3.8, 4) is 6.07 Å². The van der Waals surface area contributed by atoms with Gasteiger partial charge in [0.25, 0.3) is 0 Å². The second-order valence-electron chi connectivity index (χ2n) is 4.59. The summed E-state index contributed by atoms with van der Waals surface area (Å²) in [7, 11) is 0. The lowest BCUT2D eigenvalue weighted by atomic mass is 10.1. The third-order valence-corrected chi connectivity index (χ3v) is 3.37. The highest BCUT2D eigenvalue weighted by Crippen LogP contribution is 2.26. The molecule has 0 saturated carbocycles. The van der Waals surface area contributed by atoms with Gasteiger partial charge in [0.05, 0.1) is 42.6 Å². The summed E-state index contributed by atoms with van der Waals surface area (Å²) in [5.74, 6) is 0. The van der Waals surface area contributed by atoms with Crippen molar-refractivity contribution in [2.45, 2.75) is 6.42 Å². The van der Waals surface area contributed by atoms with Crippen molar-refractivity contribution in [3.05, 3.63) is 36.0 Å². The summed E-state index contributed by atoms with van der Waals surface area (Å²) in [6.45, 7) is 3.30. The van der Waals surface area contributed by atoms with Crippen LogP contribution in [0.2, 0.25) is 0 Å². The van der Waals surface area contributed by atoms with Gasteiger partial charge in [-0.15, -0.1) is 0 Å². The normalized spacial score (nSPS) is 15.4. The molecule has 1 aromatic heterocycles. The number of para-hydroxylation sites is 1. The first-order chi connectivity index (χ1) is 9.38. The molecule has 4 heteroatoms. The largest absolute Gasteiger partial charge is 0.378 e. The van der Waals surface area contributed by atoms with Crippen molar-refractivity contribution in [2.75, 3.05) is 31.2 Å². The Morgan fingerprint density at radius 1 is 1.21 bits per heavy atom. The van der Waals surface area contributed by atoms with E-state index in [1.54, 1.807) is 0 Å². The maximum absolute atomic E-state index is 8.79. The average molecular weight is 253 g/mol. The second kappa shape index (κ2) is 5.25. The number of nitriles is 1. The Balaban J connectivity index is 2.07. The molecule has 1 fully saturated rings. The predicted molar refractivity (Wildman–Crippen MR) is 74.1 cm³/mol. The number of aromatic nitrogens is 1. The maximum atomic E-state index is 8.79. The zero-order chi connectivity index (χ0) is 13.1. The van der Waals surface area contributed by atoms with E-state index >= 15 is 0 Å². The third-order valence-electron chi connectivity index (χ3n) is 3.37. The third kappa shape index (κ3) is 2.38. The van der Waals surface area contributed by atoms with Crippen LogP contribution in [0.1, 0.15) is 5.69 Å². The molecule has 2 aromatic rings. The summed E-state index contributed by atoms with van der Waals surface area (Å²) in [5, 5.41) is 9.91. The van der Waals surface area contributed by atoms with Gasteiger partial charge in [-0.2, -0.15) is 5.26 Å². The van der Waals surface area contributed by atoms with Gasteiger partial charge in [0.1, 0.15) is 0 Å². The van der Waals surface area contributed by atoms with Gasteiger partial charge in [-0.3, -0.25) is 0 Å². The van der Waals surface area contributed by atoms with E-state index in [1.807, 2.05) is 12.1 Å². The van der Waals surface area contributed by atoms with Gasteiger partial charge in [-0.25, -0.2) is 4.98 Å². The first-order valence-electron chi connectivity index (χ1n) is 6.47. The fraction of sp³-hybridized carbons (Fsp3) is 0.333. The highest BCUT2D eigenvalue weighted by atomic mass is 16.5. The Kier molecular flexibility index (Phi) is 3.30. The number of rotatable bonds is 2. The number of hydrogen-bond acceptors (Lipinski definition) is 4. The number of nitrogens with zero attached hydrogens (tertiary/aromatic N) is 3. The van der Waals surface area contributed by atoms with Crippen molar-refractivity contribution >= 4 is 16.6 Å². The van der Waals surface area contributed by atoms with E-state index in [1.165, 1.54) is 0 Å². The van der Waals surface area contributed by atoms with E-state index in [4.69, 9.17) is 10.00 Å². The fourth-order valence-electron chi connectivity index (χ4n) is 2.41. The highest BCUT2D eigenvalue weighted by molar-refractivity contribution is 5.91. The average Bonchev–Trinajstić information content (AvgIpc) is 2.48. The molecule has 0 spiro atoms. The van der Waals surface area contributed by atoms with Crippen LogP contribution >= 0.6 is 0 Å². The van der Waals surface area contributed by atoms with Gasteiger partial charge in [-0.1, -0.05) is 18.2 Å². The lowest BCUT2D eigenvalue weighted by Crippen LogP contribution is -2.36. The lowest BCUT2D eigenvalue weighted by Gasteiger charge is -2.29. The van der Waals surface area contributed by atoms with E-state index in [0.29, 0.717) is 6.42 Å². The van der Waals surface area contributed by atoms with E-state index in [0.717, 1.165) is 48.6 Å². The molecule has 3 rings (SSSR count). The summed E-state index contributed by atoms with van der Waals surface area (Å²) in [4.78, 5) is 6.94. The molecule has 0 amide bonds. The number of benzene rings is 1. The van der Waals surface area contributed by atoms with E-state index in [2.05, 4.69) is 34.2 Å². The summed E-state index contributed by atoms with van der Waals surface area (Å²) in [6.07, 6.45) is 0.355. The number of pyridine rings is 1. The molecule has 19 heavy (non-hydrogen) atoms. The van der Waals surface area contributed by atoms with E-state index in [9.17, 15) is 0 Å². The van der Waals surface area contributed by atoms with Gasteiger partial charge >= 0.3 is 0 Å². The van der Waals surface area contributed by atoms with Crippen LogP contribution < -0.4 is 4.90 Å². The number of fused-ring (bicyclic) bond motifs is 1. The van der Waals surface area contributed by atoms with Crippen molar-refractivity contribution in [2.24, 2.45) is 0 Å². The van der Waals surface area contributed by atoms with Crippen LogP contribution in [0, 0.1) is 11.3 Å². The molecule has 0 N–H and O–H groups in total. The van der Waals surface area contributed by atoms with Gasteiger partial charge in [-0.05, 0) is 12.1 Å². The van der Waals surface area contributed by atoms with Gasteiger partial charge < -0.3 is 9.64 Å². The molecule has 96 valence electrons. The molecule has 1 saturated heterocycles. The van der Waals surface area contributed by atoms with E-state index in [-0.39, 0.29) is 0 Å². The van der Waals surface area contributed by atoms with Crippen LogP contribution in [0.3, 0.4) is 0 Å². The minimum atomic E-state index is 0.355. The molecule has 4 nitrogen and oxygen atoms in total. The van der Waals surface area contributed by atoms with Crippen molar-refractivity contribution in [1.82, 2.24) is 4.98 Å². The first kappa shape index (κ1) is 11.9. The van der Waals surface area contributed by atoms with Crippen LogP contribution in [0.5, 0.6) is 0 Å². The molecule has 0 bridgehead atoms. The van der Waals surface area contributed by atoms with Crippen molar-refractivity contribution in [3.63, 3.8) is 0 Å². The molecule has 0 unspecified atom stereocenters. The SMILES string of the molecule is N#CCc1ccc2cccc(N3CCOCC3)c2n1. The Morgan fingerprint density at radius 2 is 2.05 bits per heavy atom. The van der Waals surface area contributed by atoms with Crippen LogP contribution in [0.4, 0.5) is 5.69 Å². The standard InChI is InChI=1S/C15H15N3O/c16-7-6-13-5-4-12-2-1-3-14(15(12)17-13)18-8-10-19-11-9-18/h1-5H,6,8-11H2. The molecule has 2 heterocycles. The molecular formula is C15H15N3O. The van der Waals surface area contributed by atoms with Crippen LogP contribution in [-0.2, 0) is 11.2 Å². The molecule has 1 aliphatic rings. The zero-order valence-electron chi connectivity index (χ0n) is 10.7. The fourth-order valence-corrected chi connectivity index (χ4v) is 2.41.